The van der Waals surface area contributed by atoms with E-state index in [-0.39, 0.29) is 12.2 Å². The lowest BCUT2D eigenvalue weighted by Crippen LogP contribution is -2.44. The molecule has 0 saturated heterocycles. The van der Waals surface area contributed by atoms with Crippen LogP contribution in [-0.2, 0) is 16.2 Å². The summed E-state index contributed by atoms with van der Waals surface area (Å²) in [6.45, 7) is 0.0960. The van der Waals surface area contributed by atoms with Gasteiger partial charge in [-0.2, -0.15) is 0 Å². The summed E-state index contributed by atoms with van der Waals surface area (Å²) in [6, 6.07) is 20.4. The number of benzene rings is 3. The molecule has 3 aromatic carbocycles. The molecule has 0 saturated carbocycles. The molecule has 1 aliphatic heterocycles. The maximum Gasteiger partial charge on any atom is 0.313 e. The van der Waals surface area contributed by atoms with Crippen LogP contribution < -0.4 is 0 Å². The fourth-order valence-electron chi connectivity index (χ4n) is 3.63. The molecule has 1 N–H and O–H groups in total. The molecule has 1 heterocycles. The highest BCUT2D eigenvalue weighted by Gasteiger charge is 2.45. The van der Waals surface area contributed by atoms with Gasteiger partial charge >= 0.3 is 5.97 Å². The van der Waals surface area contributed by atoms with Gasteiger partial charge in [-0.3, -0.25) is 14.4 Å². The quantitative estimate of drug-likeness (QED) is 0.703. The third kappa shape index (κ3) is 3.62. The molecular formula is C23H18FNO4. The third-order valence-electron chi connectivity index (χ3n) is 4.99. The van der Waals surface area contributed by atoms with Crippen molar-refractivity contribution in [3.8, 4) is 0 Å². The number of hydrogen-bond donors (Lipinski definition) is 1. The maximum atomic E-state index is 13.5. The highest BCUT2D eigenvalue weighted by Crippen LogP contribution is 2.43. The summed E-state index contributed by atoms with van der Waals surface area (Å²) >= 11 is 0. The van der Waals surface area contributed by atoms with Gasteiger partial charge in [0.15, 0.2) is 0 Å². The van der Waals surface area contributed by atoms with Crippen LogP contribution in [0.15, 0.2) is 78.9 Å². The molecule has 0 aromatic heterocycles. The summed E-state index contributed by atoms with van der Waals surface area (Å²) in [4.78, 5) is 31.3. The summed E-state index contributed by atoms with van der Waals surface area (Å²) < 4.78 is 13.5. The first-order valence-electron chi connectivity index (χ1n) is 9.14. The number of carboxylic acids is 1. The highest BCUT2D eigenvalue weighted by atomic mass is 19.1. The lowest BCUT2D eigenvalue weighted by molar-refractivity contribution is -0.176. The number of fused-ring (bicyclic) bond motifs is 1. The first kappa shape index (κ1) is 18.8. The molecule has 3 aromatic rings. The molecule has 0 aliphatic carbocycles. The van der Waals surface area contributed by atoms with Crippen molar-refractivity contribution in [3.05, 3.63) is 107 Å². The van der Waals surface area contributed by atoms with Crippen LogP contribution in [0.2, 0.25) is 0 Å². The predicted octanol–water partition coefficient (Wildman–Crippen LogP) is 4.32. The van der Waals surface area contributed by atoms with Crippen molar-refractivity contribution in [1.82, 2.24) is 5.06 Å². The van der Waals surface area contributed by atoms with Crippen molar-refractivity contribution in [2.45, 2.75) is 18.6 Å². The minimum absolute atomic E-state index is 0.0960. The summed E-state index contributed by atoms with van der Waals surface area (Å²) in [5, 5.41) is 11.1. The Labute approximate surface area is 166 Å². The van der Waals surface area contributed by atoms with Crippen molar-refractivity contribution in [2.75, 3.05) is 0 Å². The molecule has 1 amide bonds. The molecule has 1 aliphatic rings. The van der Waals surface area contributed by atoms with Crippen LogP contribution in [0, 0.1) is 5.82 Å². The number of rotatable bonds is 5. The molecule has 6 heteroatoms. The average Bonchev–Trinajstić information content (AvgIpc) is 2.74. The molecule has 4 rings (SSSR count). The van der Waals surface area contributed by atoms with Crippen molar-refractivity contribution < 1.29 is 23.9 Å². The Morgan fingerprint density at radius 3 is 2.31 bits per heavy atom. The molecule has 0 unspecified atom stereocenters. The van der Waals surface area contributed by atoms with Gasteiger partial charge in [-0.05, 0) is 34.9 Å². The van der Waals surface area contributed by atoms with E-state index in [2.05, 4.69) is 0 Å². The van der Waals surface area contributed by atoms with Crippen molar-refractivity contribution >= 4 is 11.9 Å². The topological polar surface area (TPSA) is 66.8 Å². The first-order chi connectivity index (χ1) is 14.1. The largest absolute Gasteiger partial charge is 0.481 e. The lowest BCUT2D eigenvalue weighted by atomic mass is 9.81. The number of amides is 1. The summed E-state index contributed by atoms with van der Waals surface area (Å²) in [5.74, 6) is -3.01. The zero-order chi connectivity index (χ0) is 20.4. The lowest BCUT2D eigenvalue weighted by Gasteiger charge is -2.39. The van der Waals surface area contributed by atoms with Gasteiger partial charge in [0.25, 0.3) is 5.91 Å². The van der Waals surface area contributed by atoms with Crippen molar-refractivity contribution in [1.29, 1.82) is 0 Å². The fraction of sp³-hybridized carbons (Fsp3) is 0.130. The van der Waals surface area contributed by atoms with E-state index in [1.165, 1.54) is 24.3 Å². The van der Waals surface area contributed by atoms with E-state index in [4.69, 9.17) is 4.84 Å². The number of carbonyl (C=O) groups excluding carboxylic acids is 1. The molecular weight excluding hydrogens is 373 g/mol. The number of carbonyl (C=O) groups is 2. The zero-order valence-electron chi connectivity index (χ0n) is 15.4. The van der Waals surface area contributed by atoms with Gasteiger partial charge in [0, 0.05) is 5.56 Å². The van der Waals surface area contributed by atoms with Gasteiger partial charge in [-0.25, -0.2) is 9.45 Å². The highest BCUT2D eigenvalue weighted by molar-refractivity contribution is 5.99. The molecule has 146 valence electrons. The van der Waals surface area contributed by atoms with Gasteiger partial charge < -0.3 is 5.11 Å². The number of aliphatic carboxylic acids is 1. The molecule has 0 fully saturated rings. The van der Waals surface area contributed by atoms with Gasteiger partial charge in [0.2, 0.25) is 0 Å². The standard InChI is InChI=1S/C23H18FNO4/c24-17-12-10-16(11-13-17)21-20(23(27)28)18-8-4-5-9-19(18)22(26)25(21)29-14-15-6-2-1-3-7-15/h1-13,20-21H,14H2,(H,27,28)/t20-,21+/m0/s1. The van der Waals surface area contributed by atoms with Crippen LogP contribution in [0.4, 0.5) is 4.39 Å². The van der Waals surface area contributed by atoms with E-state index < -0.39 is 29.7 Å². The Bertz CT molecular complexity index is 1040. The van der Waals surface area contributed by atoms with E-state index in [9.17, 15) is 19.1 Å². The Hall–Kier alpha value is -3.51. The number of halogens is 1. The number of hydroxylamine groups is 2. The second kappa shape index (κ2) is 7.85. The average molecular weight is 391 g/mol. The van der Waals surface area contributed by atoms with Gasteiger partial charge in [-0.15, -0.1) is 0 Å². The number of hydrogen-bond acceptors (Lipinski definition) is 3. The molecule has 2 atom stereocenters. The van der Waals surface area contributed by atoms with E-state index in [0.29, 0.717) is 11.1 Å². The van der Waals surface area contributed by atoms with E-state index >= 15 is 0 Å². The molecule has 5 nitrogen and oxygen atoms in total. The third-order valence-corrected chi connectivity index (χ3v) is 4.99. The van der Waals surface area contributed by atoms with Crippen LogP contribution >= 0.6 is 0 Å². The second-order valence-electron chi connectivity index (χ2n) is 6.79. The monoisotopic (exact) mass is 391 g/mol. The van der Waals surface area contributed by atoms with Crippen LogP contribution in [-0.4, -0.2) is 22.0 Å². The fourth-order valence-corrected chi connectivity index (χ4v) is 3.63. The molecule has 0 radical (unpaired) electrons. The number of carboxylic acid groups (broad SMARTS) is 1. The van der Waals surface area contributed by atoms with Crippen LogP contribution in [0.3, 0.4) is 0 Å². The maximum absolute atomic E-state index is 13.5. The minimum Gasteiger partial charge on any atom is -0.481 e. The second-order valence-corrected chi connectivity index (χ2v) is 6.79. The van der Waals surface area contributed by atoms with Gasteiger partial charge in [-0.1, -0.05) is 60.7 Å². The molecule has 0 bridgehead atoms. The van der Waals surface area contributed by atoms with E-state index in [1.807, 2.05) is 30.3 Å². The minimum atomic E-state index is -1.09. The summed E-state index contributed by atoms with van der Waals surface area (Å²) in [6.07, 6.45) is 0. The number of nitrogens with zero attached hydrogens (tertiary/aromatic N) is 1. The normalized spacial score (nSPS) is 18.4. The van der Waals surface area contributed by atoms with Crippen molar-refractivity contribution in [2.24, 2.45) is 0 Å². The Kier molecular flexibility index (Phi) is 5.10. The van der Waals surface area contributed by atoms with Crippen molar-refractivity contribution in [3.63, 3.8) is 0 Å². The summed E-state index contributed by atoms with van der Waals surface area (Å²) in [7, 11) is 0. The molecule has 29 heavy (non-hydrogen) atoms. The van der Waals surface area contributed by atoms with Crippen LogP contribution in [0.5, 0.6) is 0 Å². The van der Waals surface area contributed by atoms with Gasteiger partial charge in [0.1, 0.15) is 24.4 Å². The van der Waals surface area contributed by atoms with Crippen LogP contribution in [0.25, 0.3) is 0 Å². The predicted molar refractivity (Wildman–Crippen MR) is 103 cm³/mol. The SMILES string of the molecule is O=C(O)[C@H]1c2ccccc2C(=O)N(OCc2ccccc2)[C@@H]1c1ccc(F)cc1. The van der Waals surface area contributed by atoms with Gasteiger partial charge in [0.05, 0.1) is 0 Å². The first-order valence-corrected chi connectivity index (χ1v) is 9.14. The molecule has 0 spiro atoms. The van der Waals surface area contributed by atoms with Crippen LogP contribution in [0.1, 0.15) is 39.0 Å². The van der Waals surface area contributed by atoms with E-state index in [0.717, 1.165) is 10.6 Å². The Morgan fingerprint density at radius 1 is 0.966 bits per heavy atom. The Morgan fingerprint density at radius 2 is 1.62 bits per heavy atom. The Balaban J connectivity index is 1.79. The summed E-state index contributed by atoms with van der Waals surface area (Å²) in [5.41, 5.74) is 2.02. The zero-order valence-corrected chi connectivity index (χ0v) is 15.4. The van der Waals surface area contributed by atoms with E-state index in [1.54, 1.807) is 24.3 Å². The smallest absolute Gasteiger partial charge is 0.313 e.